The zero-order chi connectivity index (χ0) is 22.2. The van der Waals surface area contributed by atoms with Crippen molar-refractivity contribution in [3.63, 3.8) is 0 Å². The number of ether oxygens (including phenoxy) is 1. The Bertz CT molecular complexity index is 1030. The van der Waals surface area contributed by atoms with E-state index in [2.05, 4.69) is 24.5 Å². The average molecular weight is 417 g/mol. The van der Waals surface area contributed by atoms with Crippen molar-refractivity contribution in [3.8, 4) is 5.75 Å². The lowest BCUT2D eigenvalue weighted by Gasteiger charge is -2.19. The number of nitrogens with one attached hydrogen (secondary N) is 2. The molecule has 0 fully saturated rings. The van der Waals surface area contributed by atoms with E-state index in [1.54, 1.807) is 31.2 Å². The van der Waals surface area contributed by atoms with Gasteiger partial charge < -0.3 is 15.4 Å². The lowest BCUT2D eigenvalue weighted by atomic mass is 9.97. The van der Waals surface area contributed by atoms with Crippen LogP contribution in [0, 0.1) is 0 Å². The number of hydrogen-bond acceptors (Lipinski definition) is 3. The summed E-state index contributed by atoms with van der Waals surface area (Å²) in [7, 11) is 0. The summed E-state index contributed by atoms with van der Waals surface area (Å²) in [6, 6.07) is 23.9. The molecule has 0 aliphatic heterocycles. The molecule has 2 atom stereocenters. The van der Waals surface area contributed by atoms with Crippen molar-refractivity contribution in [2.45, 2.75) is 39.2 Å². The average Bonchev–Trinajstić information content (AvgIpc) is 2.79. The number of carbonyl (C=O) groups excluding carboxylic acids is 2. The molecule has 0 aromatic heterocycles. The highest BCUT2D eigenvalue weighted by Crippen LogP contribution is 2.27. The summed E-state index contributed by atoms with van der Waals surface area (Å²) in [5.74, 6) is 0.120. The Morgan fingerprint density at radius 1 is 0.839 bits per heavy atom. The van der Waals surface area contributed by atoms with Crippen molar-refractivity contribution in [1.29, 1.82) is 0 Å². The van der Waals surface area contributed by atoms with E-state index in [0.29, 0.717) is 22.9 Å². The molecule has 160 valence electrons. The summed E-state index contributed by atoms with van der Waals surface area (Å²) in [6.07, 6.45) is 0.193. The first kappa shape index (κ1) is 22.1. The first-order valence-corrected chi connectivity index (χ1v) is 10.5. The zero-order valence-corrected chi connectivity index (χ0v) is 18.1. The fourth-order valence-electron chi connectivity index (χ4n) is 3.22. The lowest BCUT2D eigenvalue weighted by Crippen LogP contribution is -2.31. The van der Waals surface area contributed by atoms with Crippen molar-refractivity contribution >= 4 is 23.2 Å². The highest BCUT2D eigenvalue weighted by molar-refractivity contribution is 6.06. The third-order valence-electron chi connectivity index (χ3n) is 5.20. The Kier molecular flexibility index (Phi) is 7.44. The maximum Gasteiger partial charge on any atom is 0.265 e. The van der Waals surface area contributed by atoms with Gasteiger partial charge in [-0.1, -0.05) is 62.4 Å². The molecule has 5 heteroatoms. The second kappa shape index (κ2) is 10.4. The van der Waals surface area contributed by atoms with Crippen LogP contribution in [0.5, 0.6) is 5.75 Å². The summed E-state index contributed by atoms with van der Waals surface area (Å²) < 4.78 is 5.89. The van der Waals surface area contributed by atoms with E-state index in [9.17, 15) is 9.59 Å². The molecule has 0 bridgehead atoms. The minimum Gasteiger partial charge on any atom is -0.480 e. The third kappa shape index (κ3) is 5.72. The summed E-state index contributed by atoms with van der Waals surface area (Å²) in [5, 5.41) is 5.82. The largest absolute Gasteiger partial charge is 0.480 e. The van der Waals surface area contributed by atoms with Crippen LogP contribution >= 0.6 is 0 Å². The summed E-state index contributed by atoms with van der Waals surface area (Å²) in [4.78, 5) is 25.6. The SMILES string of the molecule is CC[C@@H](C)c1ccccc1NC(=O)[C@H](C)Oc1ccccc1C(=O)Nc1ccccc1. The van der Waals surface area contributed by atoms with Gasteiger partial charge in [-0.25, -0.2) is 0 Å². The molecule has 3 rings (SSSR count). The van der Waals surface area contributed by atoms with E-state index in [-0.39, 0.29) is 11.8 Å². The highest BCUT2D eigenvalue weighted by atomic mass is 16.5. The summed E-state index contributed by atoms with van der Waals surface area (Å²) in [5.41, 5.74) is 2.93. The lowest BCUT2D eigenvalue weighted by molar-refractivity contribution is -0.122. The summed E-state index contributed by atoms with van der Waals surface area (Å²) >= 11 is 0. The topological polar surface area (TPSA) is 67.4 Å². The van der Waals surface area contributed by atoms with Crippen molar-refractivity contribution in [2.24, 2.45) is 0 Å². The van der Waals surface area contributed by atoms with E-state index in [4.69, 9.17) is 4.74 Å². The van der Waals surface area contributed by atoms with Crippen LogP contribution in [0.3, 0.4) is 0 Å². The van der Waals surface area contributed by atoms with Crippen molar-refractivity contribution < 1.29 is 14.3 Å². The van der Waals surface area contributed by atoms with Gasteiger partial charge in [-0.3, -0.25) is 9.59 Å². The molecule has 0 saturated carbocycles. The van der Waals surface area contributed by atoms with Crippen LogP contribution in [0.15, 0.2) is 78.9 Å². The number of amides is 2. The molecular weight excluding hydrogens is 388 g/mol. The number of rotatable bonds is 8. The van der Waals surface area contributed by atoms with E-state index in [0.717, 1.165) is 17.7 Å². The maximum absolute atomic E-state index is 12.8. The predicted octanol–water partition coefficient (Wildman–Crippen LogP) is 5.86. The van der Waals surface area contributed by atoms with Gasteiger partial charge in [0, 0.05) is 11.4 Å². The first-order valence-electron chi connectivity index (χ1n) is 10.5. The molecule has 3 aromatic carbocycles. The molecule has 2 amide bonds. The summed E-state index contributed by atoms with van der Waals surface area (Å²) in [6.45, 7) is 5.92. The molecule has 0 spiro atoms. The van der Waals surface area contributed by atoms with Gasteiger partial charge in [-0.15, -0.1) is 0 Å². The number of para-hydroxylation sites is 3. The molecule has 3 aromatic rings. The Morgan fingerprint density at radius 2 is 1.48 bits per heavy atom. The molecule has 0 radical (unpaired) electrons. The van der Waals surface area contributed by atoms with E-state index in [1.807, 2.05) is 54.6 Å². The quantitative estimate of drug-likeness (QED) is 0.483. The smallest absolute Gasteiger partial charge is 0.265 e. The number of anilines is 2. The van der Waals surface area contributed by atoms with Crippen molar-refractivity contribution in [3.05, 3.63) is 90.0 Å². The minimum absolute atomic E-state index is 0.269. The van der Waals surface area contributed by atoms with Gasteiger partial charge >= 0.3 is 0 Å². The number of carbonyl (C=O) groups is 2. The fourth-order valence-corrected chi connectivity index (χ4v) is 3.22. The van der Waals surface area contributed by atoms with Crippen LogP contribution in [0.1, 0.15) is 49.0 Å². The minimum atomic E-state index is -0.782. The van der Waals surface area contributed by atoms with E-state index < -0.39 is 6.10 Å². The Morgan fingerprint density at radius 3 is 2.23 bits per heavy atom. The molecule has 0 heterocycles. The van der Waals surface area contributed by atoms with Gasteiger partial charge in [0.2, 0.25) is 0 Å². The normalized spacial score (nSPS) is 12.5. The molecule has 0 saturated heterocycles. The van der Waals surface area contributed by atoms with Crippen LogP contribution in [-0.2, 0) is 4.79 Å². The molecule has 5 nitrogen and oxygen atoms in total. The van der Waals surface area contributed by atoms with Crippen LogP contribution in [0.4, 0.5) is 11.4 Å². The van der Waals surface area contributed by atoms with Gasteiger partial charge in [-0.05, 0) is 55.2 Å². The second-order valence-electron chi connectivity index (χ2n) is 7.46. The van der Waals surface area contributed by atoms with Crippen molar-refractivity contribution in [2.75, 3.05) is 10.6 Å². The molecule has 0 aliphatic rings. The van der Waals surface area contributed by atoms with E-state index in [1.165, 1.54) is 0 Å². The molecule has 0 unspecified atom stereocenters. The van der Waals surface area contributed by atoms with Crippen LogP contribution in [0.25, 0.3) is 0 Å². The van der Waals surface area contributed by atoms with Gasteiger partial charge in [0.15, 0.2) is 6.10 Å². The number of benzene rings is 3. The standard InChI is InChI=1S/C26H28N2O3/c1-4-18(2)21-14-8-10-16-23(21)28-25(29)19(3)31-24-17-11-9-15-22(24)26(30)27-20-12-6-5-7-13-20/h5-19H,4H2,1-3H3,(H,27,30)(H,28,29)/t18-,19+/m1/s1. The monoisotopic (exact) mass is 416 g/mol. The van der Waals surface area contributed by atoms with Gasteiger partial charge in [0.1, 0.15) is 5.75 Å². The first-order chi connectivity index (χ1) is 15.0. The van der Waals surface area contributed by atoms with Gasteiger partial charge in [0.25, 0.3) is 11.8 Å². The molecule has 0 aliphatic carbocycles. The fraction of sp³-hybridized carbons (Fsp3) is 0.231. The zero-order valence-electron chi connectivity index (χ0n) is 18.1. The molecule has 31 heavy (non-hydrogen) atoms. The Hall–Kier alpha value is -3.60. The highest BCUT2D eigenvalue weighted by Gasteiger charge is 2.20. The van der Waals surface area contributed by atoms with Gasteiger partial charge in [0.05, 0.1) is 5.56 Å². The van der Waals surface area contributed by atoms with Crippen LogP contribution in [0.2, 0.25) is 0 Å². The van der Waals surface area contributed by atoms with Crippen LogP contribution in [-0.4, -0.2) is 17.9 Å². The van der Waals surface area contributed by atoms with Crippen LogP contribution < -0.4 is 15.4 Å². The number of hydrogen-bond donors (Lipinski definition) is 2. The van der Waals surface area contributed by atoms with E-state index >= 15 is 0 Å². The van der Waals surface area contributed by atoms with Gasteiger partial charge in [-0.2, -0.15) is 0 Å². The third-order valence-corrected chi connectivity index (χ3v) is 5.20. The second-order valence-corrected chi connectivity index (χ2v) is 7.46. The Labute approximate surface area is 183 Å². The molecule has 2 N–H and O–H groups in total. The molecular formula is C26H28N2O3. The predicted molar refractivity (Wildman–Crippen MR) is 125 cm³/mol. The van der Waals surface area contributed by atoms with Crippen molar-refractivity contribution in [1.82, 2.24) is 0 Å². The Balaban J connectivity index is 1.72. The maximum atomic E-state index is 12.8.